The number of benzene rings is 1. The maximum absolute atomic E-state index is 11.2. The van der Waals surface area contributed by atoms with Crippen LogP contribution in [0.25, 0.3) is 10.9 Å². The average Bonchev–Trinajstić information content (AvgIpc) is 2.26. The Morgan fingerprint density at radius 3 is 2.87 bits per heavy atom. The molecular weight excluding hydrogens is 216 g/mol. The quantitative estimate of drug-likeness (QED) is 0.439. The van der Waals surface area contributed by atoms with Crippen LogP contribution in [0.3, 0.4) is 0 Å². The molecule has 2 aromatic rings. The van der Waals surface area contributed by atoms with Crippen molar-refractivity contribution in [3.8, 4) is 0 Å². The van der Waals surface area contributed by atoms with Gasteiger partial charge in [0.05, 0.1) is 5.52 Å². The highest BCUT2D eigenvalue weighted by Gasteiger charge is 2.11. The number of ketones is 1. The van der Waals surface area contributed by atoms with E-state index in [1.165, 1.54) is 6.33 Å². The molecule has 0 unspecified atom stereocenters. The number of aldehydes is 1. The smallest absolute Gasteiger partial charge is 0.244 e. The van der Waals surface area contributed by atoms with Gasteiger partial charge in [-0.15, -0.1) is 0 Å². The van der Waals surface area contributed by atoms with Gasteiger partial charge in [0.1, 0.15) is 12.0 Å². The highest BCUT2D eigenvalue weighted by molar-refractivity contribution is 6.35. The van der Waals surface area contributed by atoms with Gasteiger partial charge >= 0.3 is 0 Å². The fourth-order valence-electron chi connectivity index (χ4n) is 1.28. The Kier molecular flexibility index (Phi) is 2.43. The van der Waals surface area contributed by atoms with Crippen LogP contribution in [0.4, 0.5) is 0 Å². The largest absolute Gasteiger partial charge is 0.294 e. The lowest BCUT2D eigenvalue weighted by Gasteiger charge is -2.00. The third-order valence-corrected chi connectivity index (χ3v) is 2.17. The van der Waals surface area contributed by atoms with Crippen LogP contribution < -0.4 is 0 Å². The van der Waals surface area contributed by atoms with Crippen molar-refractivity contribution < 1.29 is 9.59 Å². The summed E-state index contributed by atoms with van der Waals surface area (Å²) in [4.78, 5) is 29.3. The molecule has 1 heterocycles. The summed E-state index contributed by atoms with van der Waals surface area (Å²) in [7, 11) is 0. The van der Waals surface area contributed by atoms with E-state index in [0.717, 1.165) is 0 Å². The number of hydrogen-bond donors (Lipinski definition) is 0. The fraction of sp³-hybridized carbons (Fsp3) is 0. The Labute approximate surface area is 89.9 Å². The van der Waals surface area contributed by atoms with Crippen molar-refractivity contribution in [2.24, 2.45) is 0 Å². The predicted octanol–water partition coefficient (Wildman–Crippen LogP) is 1.66. The Morgan fingerprint density at radius 2 is 2.13 bits per heavy atom. The van der Waals surface area contributed by atoms with E-state index >= 15 is 0 Å². The van der Waals surface area contributed by atoms with Crippen molar-refractivity contribution in [1.29, 1.82) is 0 Å². The number of rotatable bonds is 2. The van der Waals surface area contributed by atoms with Gasteiger partial charge in [-0.25, -0.2) is 9.97 Å². The van der Waals surface area contributed by atoms with Crippen LogP contribution in [0, 0.1) is 0 Å². The van der Waals surface area contributed by atoms with Gasteiger partial charge in [0.25, 0.3) is 0 Å². The van der Waals surface area contributed by atoms with Crippen molar-refractivity contribution in [1.82, 2.24) is 9.97 Å². The van der Waals surface area contributed by atoms with E-state index in [1.54, 1.807) is 18.2 Å². The van der Waals surface area contributed by atoms with Gasteiger partial charge in [-0.3, -0.25) is 9.59 Å². The molecule has 0 amide bonds. The fourth-order valence-corrected chi connectivity index (χ4v) is 1.45. The lowest BCUT2D eigenvalue weighted by molar-refractivity contribution is -0.104. The normalized spacial score (nSPS) is 10.2. The highest BCUT2D eigenvalue weighted by Crippen LogP contribution is 2.19. The molecule has 74 valence electrons. The second kappa shape index (κ2) is 3.74. The van der Waals surface area contributed by atoms with Gasteiger partial charge in [-0.05, 0) is 18.2 Å². The number of halogens is 1. The molecule has 0 saturated carbocycles. The van der Waals surface area contributed by atoms with Crippen LogP contribution in [-0.2, 0) is 4.79 Å². The number of Topliss-reactive ketones (excluding diaryl/α,β-unsaturated/α-hetero) is 1. The third kappa shape index (κ3) is 1.71. The van der Waals surface area contributed by atoms with Crippen molar-refractivity contribution in [3.05, 3.63) is 35.2 Å². The predicted molar refractivity (Wildman–Crippen MR) is 54.9 cm³/mol. The first-order valence-electron chi connectivity index (χ1n) is 4.12. The second-order valence-corrected chi connectivity index (χ2v) is 3.30. The zero-order valence-corrected chi connectivity index (χ0v) is 8.23. The van der Waals surface area contributed by atoms with E-state index in [4.69, 9.17) is 11.6 Å². The first-order valence-corrected chi connectivity index (χ1v) is 4.50. The molecule has 0 fully saturated rings. The van der Waals surface area contributed by atoms with Gasteiger partial charge in [0, 0.05) is 10.4 Å². The maximum Gasteiger partial charge on any atom is 0.244 e. The monoisotopic (exact) mass is 220 g/mol. The van der Waals surface area contributed by atoms with E-state index in [2.05, 4.69) is 9.97 Å². The maximum atomic E-state index is 11.2. The topological polar surface area (TPSA) is 59.9 Å². The lowest BCUT2D eigenvalue weighted by Crippen LogP contribution is -2.04. The summed E-state index contributed by atoms with van der Waals surface area (Å²) >= 11 is 5.77. The van der Waals surface area contributed by atoms with Gasteiger partial charge in [0.2, 0.25) is 5.78 Å². The summed E-state index contributed by atoms with van der Waals surface area (Å²) in [5.74, 6) is -0.662. The summed E-state index contributed by atoms with van der Waals surface area (Å²) in [5, 5.41) is 1.05. The zero-order chi connectivity index (χ0) is 10.8. The zero-order valence-electron chi connectivity index (χ0n) is 7.48. The van der Waals surface area contributed by atoms with E-state index in [0.29, 0.717) is 15.9 Å². The number of carbonyl (C=O) groups is 2. The second-order valence-electron chi connectivity index (χ2n) is 2.87. The molecule has 1 aromatic carbocycles. The Hall–Kier alpha value is -1.81. The molecule has 0 atom stereocenters. The molecule has 4 nitrogen and oxygen atoms in total. The van der Waals surface area contributed by atoms with E-state index in [1.807, 2.05) is 0 Å². The molecule has 0 aliphatic rings. The SMILES string of the molecule is O=CC(=O)c1ncnc2cc(Cl)ccc12. The van der Waals surface area contributed by atoms with Crippen LogP contribution >= 0.6 is 11.6 Å². The molecule has 0 saturated heterocycles. The van der Waals surface area contributed by atoms with Crippen LogP contribution in [0.1, 0.15) is 10.5 Å². The minimum absolute atomic E-state index is 0.103. The molecule has 0 N–H and O–H groups in total. The summed E-state index contributed by atoms with van der Waals surface area (Å²) in [6.45, 7) is 0. The molecule has 0 radical (unpaired) electrons. The standard InChI is InChI=1S/C10H5ClN2O2/c11-6-1-2-7-8(3-6)12-5-13-10(7)9(15)4-14/h1-5H. The number of hydrogen-bond acceptors (Lipinski definition) is 4. The number of nitrogens with zero attached hydrogens (tertiary/aromatic N) is 2. The van der Waals surface area contributed by atoms with Crippen LogP contribution in [-0.4, -0.2) is 22.0 Å². The first kappa shape index (κ1) is 9.73. The van der Waals surface area contributed by atoms with Crippen LogP contribution in [0.5, 0.6) is 0 Å². The molecular formula is C10H5ClN2O2. The first-order chi connectivity index (χ1) is 7.22. The lowest BCUT2D eigenvalue weighted by atomic mass is 10.1. The Balaban J connectivity index is 2.76. The van der Waals surface area contributed by atoms with Crippen molar-refractivity contribution >= 4 is 34.6 Å². The summed E-state index contributed by atoms with van der Waals surface area (Å²) < 4.78 is 0. The van der Waals surface area contributed by atoms with Gasteiger partial charge in [-0.1, -0.05) is 11.6 Å². The van der Waals surface area contributed by atoms with E-state index in [9.17, 15) is 9.59 Å². The number of fused-ring (bicyclic) bond motifs is 1. The molecule has 0 aliphatic carbocycles. The summed E-state index contributed by atoms with van der Waals surface area (Å²) in [6, 6.07) is 4.85. The molecule has 0 spiro atoms. The number of aromatic nitrogens is 2. The Bertz CT molecular complexity index is 554. The van der Waals surface area contributed by atoms with Gasteiger partial charge in [-0.2, -0.15) is 0 Å². The van der Waals surface area contributed by atoms with Crippen molar-refractivity contribution in [2.75, 3.05) is 0 Å². The molecule has 2 rings (SSSR count). The van der Waals surface area contributed by atoms with Gasteiger partial charge in [0.15, 0.2) is 6.29 Å². The molecule has 0 aliphatic heterocycles. The number of carbonyl (C=O) groups excluding carboxylic acids is 2. The van der Waals surface area contributed by atoms with Crippen molar-refractivity contribution in [2.45, 2.75) is 0 Å². The van der Waals surface area contributed by atoms with Crippen LogP contribution in [0.15, 0.2) is 24.5 Å². The van der Waals surface area contributed by atoms with Crippen molar-refractivity contribution in [3.63, 3.8) is 0 Å². The third-order valence-electron chi connectivity index (χ3n) is 1.94. The summed E-state index contributed by atoms with van der Waals surface area (Å²) in [5.41, 5.74) is 0.648. The molecule has 0 bridgehead atoms. The highest BCUT2D eigenvalue weighted by atomic mass is 35.5. The van der Waals surface area contributed by atoms with E-state index < -0.39 is 5.78 Å². The van der Waals surface area contributed by atoms with E-state index in [-0.39, 0.29) is 12.0 Å². The van der Waals surface area contributed by atoms with Gasteiger partial charge < -0.3 is 0 Å². The molecule has 5 heteroatoms. The van der Waals surface area contributed by atoms with Crippen LogP contribution in [0.2, 0.25) is 5.02 Å². The molecule has 1 aromatic heterocycles. The average molecular weight is 221 g/mol. The summed E-state index contributed by atoms with van der Waals surface area (Å²) in [6.07, 6.45) is 1.46. The minimum Gasteiger partial charge on any atom is -0.294 e. The molecule has 15 heavy (non-hydrogen) atoms. The minimum atomic E-state index is -0.662. The Morgan fingerprint density at radius 1 is 1.33 bits per heavy atom.